The van der Waals surface area contributed by atoms with Gasteiger partial charge in [0.05, 0.1) is 39.0 Å². The van der Waals surface area contributed by atoms with Crippen molar-refractivity contribution in [1.82, 2.24) is 0 Å². The molecule has 0 amide bonds. The lowest BCUT2D eigenvalue weighted by atomic mass is 10.0. The molecule has 0 aliphatic carbocycles. The van der Waals surface area contributed by atoms with E-state index in [9.17, 15) is 19.5 Å². The van der Waals surface area contributed by atoms with Gasteiger partial charge >= 0.3 is 11.9 Å². The van der Waals surface area contributed by atoms with E-state index in [0.29, 0.717) is 6.54 Å². The van der Waals surface area contributed by atoms with E-state index in [1.165, 1.54) is 89.9 Å². The third kappa shape index (κ3) is 24.4. The maximum atomic E-state index is 11.1. The Morgan fingerprint density at radius 2 is 0.921 bits per heavy atom. The van der Waals surface area contributed by atoms with E-state index >= 15 is 0 Å². The third-order valence-electron chi connectivity index (χ3n) is 7.55. The van der Waals surface area contributed by atoms with Crippen LogP contribution in [0, 0.1) is 0 Å². The number of carboxylic acid groups (broad SMARTS) is 3. The molecule has 222 valence electrons. The molecule has 0 heterocycles. The summed E-state index contributed by atoms with van der Waals surface area (Å²) in [4.78, 5) is 33.3. The Labute approximate surface area is 232 Å². The number of carboxylic acids is 3. The van der Waals surface area contributed by atoms with E-state index in [4.69, 9.17) is 10.2 Å². The van der Waals surface area contributed by atoms with Gasteiger partial charge in [0.2, 0.25) is 0 Å². The number of hydrogen-bond donors (Lipinski definition) is 2. The van der Waals surface area contributed by atoms with E-state index in [2.05, 4.69) is 19.1 Å². The van der Waals surface area contributed by atoms with Crippen molar-refractivity contribution in [2.24, 2.45) is 0 Å². The van der Waals surface area contributed by atoms with Crippen molar-refractivity contribution in [3.63, 3.8) is 0 Å². The lowest BCUT2D eigenvalue weighted by molar-refractivity contribution is -0.927. The first-order valence-corrected chi connectivity index (χ1v) is 15.4. The molecule has 0 aliphatic heterocycles. The van der Waals surface area contributed by atoms with Gasteiger partial charge in [0.15, 0.2) is 0 Å². The fraction of sp³-hybridized carbons (Fsp3) is 0.839. The van der Waals surface area contributed by atoms with Gasteiger partial charge in [0.25, 0.3) is 0 Å². The summed E-state index contributed by atoms with van der Waals surface area (Å²) >= 11 is 0. The molecule has 7 nitrogen and oxygen atoms in total. The van der Waals surface area contributed by atoms with Gasteiger partial charge in [-0.15, -0.1) is 0 Å². The van der Waals surface area contributed by atoms with Crippen molar-refractivity contribution in [3.05, 3.63) is 12.2 Å². The molecule has 0 atom stereocenters. The zero-order chi connectivity index (χ0) is 28.3. The molecule has 0 bridgehead atoms. The molecule has 0 fully saturated rings. The number of unbranched alkanes of at least 4 members (excludes halogenated alkanes) is 16. The van der Waals surface area contributed by atoms with Crippen molar-refractivity contribution in [2.75, 3.05) is 26.2 Å². The number of allylic oxidation sites excluding steroid dienone is 2. The second kappa shape index (κ2) is 25.4. The summed E-state index contributed by atoms with van der Waals surface area (Å²) in [6.07, 6.45) is 26.8. The first kappa shape index (κ1) is 36.1. The smallest absolute Gasteiger partial charge is 0.309 e. The van der Waals surface area contributed by atoms with Crippen LogP contribution in [0.25, 0.3) is 0 Å². The first-order valence-electron chi connectivity index (χ1n) is 15.4. The van der Waals surface area contributed by atoms with Gasteiger partial charge in [-0.05, 0) is 32.1 Å². The molecule has 0 aliphatic rings. The molecular formula is C31H57NO6. The van der Waals surface area contributed by atoms with Gasteiger partial charge in [-0.1, -0.05) is 103 Å². The predicted molar refractivity (Wildman–Crippen MR) is 152 cm³/mol. The zero-order valence-electron chi connectivity index (χ0n) is 24.3. The lowest BCUT2D eigenvalue weighted by Gasteiger charge is -2.38. The summed E-state index contributed by atoms with van der Waals surface area (Å²) in [5.74, 6) is -3.07. The molecule has 0 aromatic rings. The Morgan fingerprint density at radius 1 is 0.553 bits per heavy atom. The van der Waals surface area contributed by atoms with Crippen LogP contribution in [-0.2, 0) is 14.4 Å². The van der Waals surface area contributed by atoms with Gasteiger partial charge in [0, 0.05) is 12.4 Å². The fourth-order valence-corrected chi connectivity index (χ4v) is 5.13. The molecule has 0 spiro atoms. The van der Waals surface area contributed by atoms with Crippen molar-refractivity contribution < 1.29 is 34.2 Å². The average Bonchev–Trinajstić information content (AvgIpc) is 2.88. The highest BCUT2D eigenvalue weighted by Crippen LogP contribution is 2.17. The Bertz CT molecular complexity index is 588. The van der Waals surface area contributed by atoms with Crippen LogP contribution >= 0.6 is 0 Å². The normalized spacial score (nSPS) is 11.8. The molecular weight excluding hydrogens is 482 g/mol. The number of hydrogen-bond acceptors (Lipinski definition) is 4. The maximum absolute atomic E-state index is 11.1. The summed E-state index contributed by atoms with van der Waals surface area (Å²) in [6, 6.07) is 0. The highest BCUT2D eigenvalue weighted by atomic mass is 16.4. The summed E-state index contributed by atoms with van der Waals surface area (Å²) in [5, 5.41) is 29.3. The Morgan fingerprint density at radius 3 is 1.29 bits per heavy atom. The zero-order valence-corrected chi connectivity index (χ0v) is 24.3. The molecule has 0 rings (SSSR count). The Hall–Kier alpha value is -1.89. The largest absolute Gasteiger partial charge is 0.550 e. The van der Waals surface area contributed by atoms with Gasteiger partial charge in [-0.3, -0.25) is 9.59 Å². The number of rotatable bonds is 29. The van der Waals surface area contributed by atoms with Gasteiger partial charge in [-0.25, -0.2) is 0 Å². The van der Waals surface area contributed by atoms with Crippen molar-refractivity contribution >= 4 is 17.9 Å². The highest BCUT2D eigenvalue weighted by Gasteiger charge is 2.28. The Balaban J connectivity index is 3.87. The van der Waals surface area contributed by atoms with Crippen LogP contribution in [0.1, 0.15) is 142 Å². The minimum absolute atomic E-state index is 0.0934. The van der Waals surface area contributed by atoms with Gasteiger partial charge in [0.1, 0.15) is 0 Å². The minimum atomic E-state index is -1.18. The summed E-state index contributed by atoms with van der Waals surface area (Å²) in [6.45, 7) is 3.53. The number of carbonyl (C=O) groups is 3. The summed E-state index contributed by atoms with van der Waals surface area (Å²) in [5.41, 5.74) is 0. The molecule has 0 saturated heterocycles. The molecule has 0 aromatic carbocycles. The lowest BCUT2D eigenvalue weighted by Crippen LogP contribution is -2.53. The molecule has 7 heteroatoms. The van der Waals surface area contributed by atoms with Crippen LogP contribution in [0.15, 0.2) is 12.2 Å². The first-order chi connectivity index (χ1) is 18.3. The average molecular weight is 540 g/mol. The summed E-state index contributed by atoms with van der Waals surface area (Å²) in [7, 11) is 0. The number of aliphatic carboxylic acids is 3. The van der Waals surface area contributed by atoms with E-state index in [-0.39, 0.29) is 43.4 Å². The second-order valence-electron chi connectivity index (χ2n) is 11.0. The monoisotopic (exact) mass is 539 g/mol. The molecule has 0 saturated carbocycles. The third-order valence-corrected chi connectivity index (χ3v) is 7.55. The van der Waals surface area contributed by atoms with Gasteiger partial charge < -0.3 is 24.6 Å². The van der Waals surface area contributed by atoms with Crippen LogP contribution in [0.5, 0.6) is 0 Å². The highest BCUT2D eigenvalue weighted by molar-refractivity contribution is 5.67. The number of nitrogens with zero attached hydrogens (tertiary/aromatic N) is 1. The quantitative estimate of drug-likeness (QED) is 0.0638. The molecule has 38 heavy (non-hydrogen) atoms. The van der Waals surface area contributed by atoms with Crippen LogP contribution < -0.4 is 5.11 Å². The summed E-state index contributed by atoms with van der Waals surface area (Å²) < 4.78 is 0.225. The van der Waals surface area contributed by atoms with Crippen LogP contribution in [-0.4, -0.2) is 58.8 Å². The van der Waals surface area contributed by atoms with Crippen LogP contribution in [0.3, 0.4) is 0 Å². The van der Waals surface area contributed by atoms with E-state index in [1.807, 2.05) is 0 Å². The molecule has 0 unspecified atom stereocenters. The second-order valence-corrected chi connectivity index (χ2v) is 11.0. The molecule has 0 aromatic heterocycles. The standard InChI is InChI=1S/C31H57NO6/c1-2-3-4-5-6-7-8-9-10-11-12-13-14-15-16-17-18-19-20-21-25-32(26-22-29(33)34,27-23-30(35)36)28-24-31(37)38/h3-4H,2,5-28H2,1H3,(H2-,33,34,35,36,37,38)/b4-3+. The fourth-order valence-electron chi connectivity index (χ4n) is 5.13. The molecule has 2 N–H and O–H groups in total. The minimum Gasteiger partial charge on any atom is -0.550 e. The van der Waals surface area contributed by atoms with Crippen molar-refractivity contribution in [3.8, 4) is 0 Å². The predicted octanol–water partition coefficient (Wildman–Crippen LogP) is 6.49. The van der Waals surface area contributed by atoms with E-state index < -0.39 is 17.9 Å². The number of quaternary nitrogens is 1. The van der Waals surface area contributed by atoms with Crippen molar-refractivity contribution in [1.29, 1.82) is 0 Å². The van der Waals surface area contributed by atoms with Gasteiger partial charge in [-0.2, -0.15) is 0 Å². The van der Waals surface area contributed by atoms with E-state index in [1.54, 1.807) is 0 Å². The maximum Gasteiger partial charge on any atom is 0.309 e. The van der Waals surface area contributed by atoms with Crippen LogP contribution in [0.2, 0.25) is 0 Å². The molecule has 0 radical (unpaired) electrons. The topological polar surface area (TPSA) is 115 Å². The SMILES string of the molecule is CC/C=C/CCCCCCCCCCCCCCCCCC[N+](CCC(=O)[O-])(CCC(=O)O)CCC(=O)O. The van der Waals surface area contributed by atoms with E-state index in [0.717, 1.165) is 25.7 Å². The number of carbonyl (C=O) groups excluding carboxylic acids is 1. The van der Waals surface area contributed by atoms with Crippen molar-refractivity contribution in [2.45, 2.75) is 142 Å². The Kier molecular flexibility index (Phi) is 24.1. The van der Waals surface area contributed by atoms with Crippen LogP contribution in [0.4, 0.5) is 0 Å².